The summed E-state index contributed by atoms with van der Waals surface area (Å²) in [4.78, 5) is 12.0. The normalized spacial score (nSPS) is 18.7. The van der Waals surface area contributed by atoms with E-state index in [0.29, 0.717) is 11.5 Å². The minimum atomic E-state index is -0.0183. The van der Waals surface area contributed by atoms with Gasteiger partial charge in [0.05, 0.1) is 11.6 Å². The predicted octanol–water partition coefficient (Wildman–Crippen LogP) is 2.94. The molecule has 0 bridgehead atoms. The zero-order valence-corrected chi connectivity index (χ0v) is 12.6. The number of halogens is 1. The number of amides is 1. The molecule has 2 rings (SSSR count). The van der Waals surface area contributed by atoms with Gasteiger partial charge in [0.15, 0.2) is 0 Å². The number of hydrogen-bond donors (Lipinski definition) is 1. The van der Waals surface area contributed by atoms with Gasteiger partial charge < -0.3 is 10.1 Å². The Morgan fingerprint density at radius 2 is 2.44 bits per heavy atom. The van der Waals surface area contributed by atoms with Crippen LogP contribution in [0.5, 0.6) is 5.75 Å². The van der Waals surface area contributed by atoms with Gasteiger partial charge in [0, 0.05) is 12.1 Å². The molecule has 1 amide bonds. The van der Waals surface area contributed by atoms with E-state index >= 15 is 0 Å². The lowest BCUT2D eigenvalue weighted by molar-refractivity contribution is 0.0948. The van der Waals surface area contributed by atoms with Gasteiger partial charge in [0.1, 0.15) is 5.75 Å². The van der Waals surface area contributed by atoms with Crippen molar-refractivity contribution in [3.8, 4) is 5.75 Å². The van der Waals surface area contributed by atoms with E-state index in [1.165, 1.54) is 12.2 Å². The average Bonchev–Trinajstić information content (AvgIpc) is 2.89. The molecule has 0 aromatic heterocycles. The van der Waals surface area contributed by atoms with Crippen LogP contribution in [0.3, 0.4) is 0 Å². The lowest BCUT2D eigenvalue weighted by Gasteiger charge is -2.11. The highest BCUT2D eigenvalue weighted by Gasteiger charge is 2.16. The lowest BCUT2D eigenvalue weighted by atomic mass is 10.1. The van der Waals surface area contributed by atoms with Gasteiger partial charge in [-0.05, 0) is 58.0 Å². The Morgan fingerprint density at radius 3 is 3.06 bits per heavy atom. The number of methoxy groups -OCH3 is 1. The van der Waals surface area contributed by atoms with E-state index in [0.717, 1.165) is 22.5 Å². The summed E-state index contributed by atoms with van der Waals surface area (Å²) in [6, 6.07) is 5.37. The lowest BCUT2D eigenvalue weighted by Crippen LogP contribution is -2.29. The van der Waals surface area contributed by atoms with E-state index < -0.39 is 0 Å². The summed E-state index contributed by atoms with van der Waals surface area (Å²) in [5.74, 6) is 3.72. The molecule has 1 N–H and O–H groups in total. The molecule has 0 saturated carbocycles. The van der Waals surface area contributed by atoms with E-state index in [2.05, 4.69) is 21.2 Å². The second kappa shape index (κ2) is 6.48. The maximum atomic E-state index is 12.0. The molecule has 1 aliphatic rings. The largest absolute Gasteiger partial charge is 0.496 e. The third-order valence-corrected chi connectivity index (χ3v) is 4.84. The van der Waals surface area contributed by atoms with Gasteiger partial charge in [-0.15, -0.1) is 0 Å². The molecule has 5 heteroatoms. The van der Waals surface area contributed by atoms with Crippen LogP contribution >= 0.6 is 27.7 Å². The quantitative estimate of drug-likeness (QED) is 0.922. The summed E-state index contributed by atoms with van der Waals surface area (Å²) in [5.41, 5.74) is 0.660. The fourth-order valence-electron chi connectivity index (χ4n) is 1.89. The summed E-state index contributed by atoms with van der Waals surface area (Å²) in [7, 11) is 1.61. The number of carbonyl (C=O) groups is 1. The first kappa shape index (κ1) is 13.7. The van der Waals surface area contributed by atoms with Crippen molar-refractivity contribution in [2.24, 2.45) is 5.92 Å². The molecule has 0 spiro atoms. The number of rotatable bonds is 4. The Bertz CT molecular complexity index is 433. The van der Waals surface area contributed by atoms with Crippen LogP contribution in [0, 0.1) is 5.92 Å². The second-order valence-electron chi connectivity index (χ2n) is 4.29. The summed E-state index contributed by atoms with van der Waals surface area (Å²) >= 11 is 5.35. The van der Waals surface area contributed by atoms with Gasteiger partial charge in [0.2, 0.25) is 0 Å². The summed E-state index contributed by atoms with van der Waals surface area (Å²) in [6.07, 6.45) is 1.21. The van der Waals surface area contributed by atoms with Crippen LogP contribution in [0.25, 0.3) is 0 Å². The third-order valence-electron chi connectivity index (χ3n) is 2.99. The Hall–Kier alpha value is -0.680. The molecule has 3 nitrogen and oxygen atoms in total. The average molecular weight is 330 g/mol. The highest BCUT2D eigenvalue weighted by atomic mass is 79.9. The molecular formula is C13H16BrNO2S. The van der Waals surface area contributed by atoms with Crippen LogP contribution in [0.1, 0.15) is 16.8 Å². The fraction of sp³-hybridized carbons (Fsp3) is 0.462. The summed E-state index contributed by atoms with van der Waals surface area (Å²) in [5, 5.41) is 2.99. The monoisotopic (exact) mass is 329 g/mol. The highest BCUT2D eigenvalue weighted by Crippen LogP contribution is 2.26. The zero-order chi connectivity index (χ0) is 13.0. The molecule has 1 unspecified atom stereocenters. The van der Waals surface area contributed by atoms with Gasteiger partial charge in [-0.1, -0.05) is 0 Å². The van der Waals surface area contributed by atoms with Crippen LogP contribution in [0.4, 0.5) is 0 Å². The topological polar surface area (TPSA) is 38.3 Å². The number of ether oxygens (including phenoxy) is 1. The van der Waals surface area contributed by atoms with Crippen molar-refractivity contribution in [2.45, 2.75) is 6.42 Å². The highest BCUT2D eigenvalue weighted by molar-refractivity contribution is 9.10. The Morgan fingerprint density at radius 1 is 1.61 bits per heavy atom. The third kappa shape index (κ3) is 3.42. The molecule has 1 aliphatic heterocycles. The van der Waals surface area contributed by atoms with Crippen molar-refractivity contribution >= 4 is 33.6 Å². The van der Waals surface area contributed by atoms with Gasteiger partial charge in [-0.3, -0.25) is 4.79 Å². The SMILES string of the molecule is COc1ccc(C(=O)NCC2CCSC2)cc1Br. The molecule has 1 heterocycles. The molecule has 0 radical (unpaired) electrons. The maximum Gasteiger partial charge on any atom is 0.251 e. The number of carbonyl (C=O) groups excluding carboxylic acids is 1. The molecule has 18 heavy (non-hydrogen) atoms. The van der Waals surface area contributed by atoms with Crippen LogP contribution in [0.15, 0.2) is 22.7 Å². The molecule has 1 atom stereocenters. The van der Waals surface area contributed by atoms with E-state index in [4.69, 9.17) is 4.74 Å². The first-order valence-electron chi connectivity index (χ1n) is 5.90. The standard InChI is InChI=1S/C13H16BrNO2S/c1-17-12-3-2-10(6-11(12)14)13(16)15-7-9-4-5-18-8-9/h2-3,6,9H,4-5,7-8H2,1H3,(H,15,16). The van der Waals surface area contributed by atoms with Gasteiger partial charge in [-0.2, -0.15) is 11.8 Å². The predicted molar refractivity (Wildman–Crippen MR) is 78.5 cm³/mol. The first-order valence-corrected chi connectivity index (χ1v) is 7.85. The molecule has 1 aromatic carbocycles. The number of nitrogens with one attached hydrogen (secondary N) is 1. The van der Waals surface area contributed by atoms with Crippen molar-refractivity contribution in [3.05, 3.63) is 28.2 Å². The number of thioether (sulfide) groups is 1. The van der Waals surface area contributed by atoms with Crippen LogP contribution < -0.4 is 10.1 Å². The minimum Gasteiger partial charge on any atom is -0.496 e. The van der Waals surface area contributed by atoms with Crippen LogP contribution in [-0.2, 0) is 0 Å². The Labute approximate surface area is 120 Å². The Balaban J connectivity index is 1.93. The molecule has 1 fully saturated rings. The minimum absolute atomic E-state index is 0.0183. The summed E-state index contributed by atoms with van der Waals surface area (Å²) < 4.78 is 5.94. The molecule has 0 aliphatic carbocycles. The molecule has 1 aromatic rings. The second-order valence-corrected chi connectivity index (χ2v) is 6.29. The van der Waals surface area contributed by atoms with Crippen molar-refractivity contribution in [3.63, 3.8) is 0 Å². The van der Waals surface area contributed by atoms with Crippen molar-refractivity contribution < 1.29 is 9.53 Å². The fourth-order valence-corrected chi connectivity index (χ4v) is 3.72. The molecular weight excluding hydrogens is 314 g/mol. The van der Waals surface area contributed by atoms with Crippen molar-refractivity contribution in [1.29, 1.82) is 0 Å². The van der Waals surface area contributed by atoms with E-state index in [9.17, 15) is 4.79 Å². The van der Waals surface area contributed by atoms with Crippen LogP contribution in [-0.4, -0.2) is 31.1 Å². The van der Waals surface area contributed by atoms with Crippen molar-refractivity contribution in [2.75, 3.05) is 25.2 Å². The maximum absolute atomic E-state index is 12.0. The summed E-state index contributed by atoms with van der Waals surface area (Å²) in [6.45, 7) is 0.773. The molecule has 1 saturated heterocycles. The van der Waals surface area contributed by atoms with E-state index in [1.54, 1.807) is 25.3 Å². The number of benzene rings is 1. The van der Waals surface area contributed by atoms with Gasteiger partial charge in [0.25, 0.3) is 5.91 Å². The zero-order valence-electron chi connectivity index (χ0n) is 10.2. The van der Waals surface area contributed by atoms with Crippen molar-refractivity contribution in [1.82, 2.24) is 5.32 Å². The van der Waals surface area contributed by atoms with Gasteiger partial charge >= 0.3 is 0 Å². The van der Waals surface area contributed by atoms with E-state index in [1.807, 2.05) is 11.8 Å². The number of hydrogen-bond acceptors (Lipinski definition) is 3. The van der Waals surface area contributed by atoms with Crippen LogP contribution in [0.2, 0.25) is 0 Å². The molecule has 98 valence electrons. The van der Waals surface area contributed by atoms with E-state index in [-0.39, 0.29) is 5.91 Å². The van der Waals surface area contributed by atoms with Gasteiger partial charge in [-0.25, -0.2) is 0 Å². The smallest absolute Gasteiger partial charge is 0.251 e. The first-order chi connectivity index (χ1) is 8.70. The Kier molecular flexibility index (Phi) is 4.95.